The predicted octanol–water partition coefficient (Wildman–Crippen LogP) is 1.02. The lowest BCUT2D eigenvalue weighted by atomic mass is 10.1. The highest BCUT2D eigenvalue weighted by atomic mass is 16.7. The maximum absolute atomic E-state index is 10.2. The van der Waals surface area contributed by atoms with E-state index in [-0.39, 0.29) is 45.3 Å². The summed E-state index contributed by atoms with van der Waals surface area (Å²) in [6.45, 7) is -0.543. The van der Waals surface area contributed by atoms with Gasteiger partial charge in [-0.3, -0.25) is 0 Å². The van der Waals surface area contributed by atoms with Gasteiger partial charge >= 0.3 is 11.3 Å². The van der Waals surface area contributed by atoms with Gasteiger partial charge in [0.05, 0.1) is 18.2 Å². The highest BCUT2D eigenvalue weighted by molar-refractivity contribution is 5.88. The monoisotopic (exact) mass is 419 g/mol. The van der Waals surface area contributed by atoms with Crippen LogP contribution in [0.2, 0.25) is 0 Å². The van der Waals surface area contributed by atoms with E-state index in [1.54, 1.807) is 0 Å². The van der Waals surface area contributed by atoms with Crippen LogP contribution < -0.4 is 4.74 Å². The first-order valence-electron chi connectivity index (χ1n) is 8.92. The fourth-order valence-corrected chi connectivity index (χ4v) is 3.23. The Bertz CT molecular complexity index is 1100. The number of aromatic hydroxyl groups is 4. The average molecular weight is 419 g/mol. The molecule has 0 spiro atoms. The molecule has 1 unspecified atom stereocenters. The quantitative estimate of drug-likeness (QED) is 0.239. The zero-order chi connectivity index (χ0) is 21.6. The first-order chi connectivity index (χ1) is 14.3. The van der Waals surface area contributed by atoms with Gasteiger partial charge in [-0.05, 0) is 12.1 Å². The van der Waals surface area contributed by atoms with Gasteiger partial charge in [0.15, 0.2) is 11.5 Å². The summed E-state index contributed by atoms with van der Waals surface area (Å²) >= 11 is 0. The Morgan fingerprint density at radius 1 is 0.900 bits per heavy atom. The van der Waals surface area contributed by atoms with Crippen LogP contribution in [0.3, 0.4) is 0 Å². The summed E-state index contributed by atoms with van der Waals surface area (Å²) in [4.78, 5) is 0. The smallest absolute Gasteiger partial charge is 0.402 e. The second-order valence-corrected chi connectivity index (χ2v) is 6.84. The molecule has 4 rings (SSSR count). The first kappa shape index (κ1) is 20.0. The van der Waals surface area contributed by atoms with Gasteiger partial charge in [-0.15, -0.1) is 0 Å². The highest BCUT2D eigenvalue weighted by Crippen LogP contribution is 2.42. The fourth-order valence-electron chi connectivity index (χ4n) is 3.23. The first-order valence-corrected chi connectivity index (χ1v) is 8.92. The number of benzene rings is 2. The minimum Gasteiger partial charge on any atom is -0.507 e. The van der Waals surface area contributed by atoms with Gasteiger partial charge in [0, 0.05) is 18.2 Å². The van der Waals surface area contributed by atoms with Crippen molar-refractivity contribution in [2.45, 2.75) is 24.6 Å². The van der Waals surface area contributed by atoms with Gasteiger partial charge in [0.25, 0.3) is 0 Å². The third-order valence-electron chi connectivity index (χ3n) is 4.80. The zero-order valence-electron chi connectivity index (χ0n) is 15.3. The maximum atomic E-state index is 10.2. The van der Waals surface area contributed by atoms with Crippen LogP contribution in [0.5, 0.6) is 28.7 Å². The molecule has 1 aromatic heterocycles. The molecule has 1 fully saturated rings. The number of fused-ring (bicyclic) bond motifs is 1. The minimum absolute atomic E-state index is 0.0144. The van der Waals surface area contributed by atoms with E-state index in [0.717, 1.165) is 6.07 Å². The van der Waals surface area contributed by atoms with Crippen LogP contribution >= 0.6 is 0 Å². The minimum atomic E-state index is -1.48. The van der Waals surface area contributed by atoms with Crippen LogP contribution in [0.15, 0.2) is 40.8 Å². The van der Waals surface area contributed by atoms with E-state index in [4.69, 9.17) is 13.9 Å². The summed E-state index contributed by atoms with van der Waals surface area (Å²) in [5.41, 5.74) is 0.348. The van der Waals surface area contributed by atoms with Crippen LogP contribution in [0.1, 0.15) is 0 Å². The normalized spacial score (nSPS) is 23.7. The molecule has 10 nitrogen and oxygen atoms in total. The number of ether oxygens (including phenoxy) is 2. The van der Waals surface area contributed by atoms with Crippen molar-refractivity contribution in [2.75, 3.05) is 6.61 Å². The summed E-state index contributed by atoms with van der Waals surface area (Å²) < 4.78 is 16.8. The number of aliphatic hydroxyl groups is 3. The summed E-state index contributed by atoms with van der Waals surface area (Å²) in [7, 11) is 0. The maximum Gasteiger partial charge on any atom is 0.402 e. The molecule has 1 aliphatic rings. The Labute approximate surface area is 169 Å². The fraction of sp³-hybridized carbons (Fsp3) is 0.250. The molecule has 0 aliphatic carbocycles. The molecular weight excluding hydrogens is 400 g/mol. The summed E-state index contributed by atoms with van der Waals surface area (Å²) in [5, 5.41) is 68.8. The van der Waals surface area contributed by atoms with Crippen LogP contribution in [-0.2, 0) is 4.74 Å². The van der Waals surface area contributed by atoms with Crippen LogP contribution in [0.4, 0.5) is 0 Å². The Morgan fingerprint density at radius 2 is 1.67 bits per heavy atom. The number of hydrogen-bond donors (Lipinski definition) is 7. The van der Waals surface area contributed by atoms with E-state index < -0.39 is 37.0 Å². The second-order valence-electron chi connectivity index (χ2n) is 6.84. The molecule has 1 saturated heterocycles. The number of hydrogen-bond acceptors (Lipinski definition) is 9. The topological polar surface area (TPSA) is 171 Å². The molecule has 2 heterocycles. The SMILES string of the molecule is OC[C@H]1OC(Oc2cc3c(O)cc(O)cc3[o+]c2-c2ccc(O)c(O)c2)[C@H](O)[C@H]1O. The molecule has 10 heteroatoms. The van der Waals surface area contributed by atoms with E-state index in [1.165, 1.54) is 30.3 Å². The predicted molar refractivity (Wildman–Crippen MR) is 101 cm³/mol. The molecule has 158 valence electrons. The summed E-state index contributed by atoms with van der Waals surface area (Å²) in [6.07, 6.45) is -5.29. The van der Waals surface area contributed by atoms with Crippen molar-refractivity contribution in [1.82, 2.24) is 0 Å². The van der Waals surface area contributed by atoms with Gasteiger partial charge in [-0.25, -0.2) is 4.42 Å². The molecule has 4 atom stereocenters. The Hall–Kier alpha value is -3.31. The number of phenolic OH excluding ortho intramolecular Hbond substituents is 4. The summed E-state index contributed by atoms with van der Waals surface area (Å²) in [5.74, 6) is -1.37. The molecule has 0 amide bonds. The van der Waals surface area contributed by atoms with Gasteiger partial charge in [0.2, 0.25) is 12.0 Å². The third kappa shape index (κ3) is 3.42. The molecule has 3 aromatic rings. The van der Waals surface area contributed by atoms with Crippen molar-refractivity contribution in [3.05, 3.63) is 36.4 Å². The third-order valence-corrected chi connectivity index (χ3v) is 4.80. The number of phenols is 4. The van der Waals surface area contributed by atoms with Crippen molar-refractivity contribution < 1.29 is 49.6 Å². The van der Waals surface area contributed by atoms with Crippen molar-refractivity contribution in [3.8, 4) is 40.1 Å². The van der Waals surface area contributed by atoms with Crippen molar-refractivity contribution in [1.29, 1.82) is 0 Å². The van der Waals surface area contributed by atoms with Gasteiger partial charge in [-0.1, -0.05) is 0 Å². The van der Waals surface area contributed by atoms with Gasteiger partial charge in [0.1, 0.15) is 35.2 Å². The second kappa shape index (κ2) is 7.50. The number of aliphatic hydroxyl groups excluding tert-OH is 3. The van der Waals surface area contributed by atoms with Gasteiger partial charge < -0.3 is 45.2 Å². The molecule has 0 radical (unpaired) electrons. The summed E-state index contributed by atoms with van der Waals surface area (Å²) in [6, 6.07) is 7.57. The van der Waals surface area contributed by atoms with Crippen molar-refractivity contribution >= 4 is 11.0 Å². The molecule has 0 bridgehead atoms. The molecule has 30 heavy (non-hydrogen) atoms. The molecule has 1 aliphatic heterocycles. The van der Waals surface area contributed by atoms with E-state index in [2.05, 4.69) is 0 Å². The lowest BCUT2D eigenvalue weighted by Gasteiger charge is -2.16. The average Bonchev–Trinajstić information content (AvgIpc) is 2.98. The van der Waals surface area contributed by atoms with E-state index in [9.17, 15) is 35.7 Å². The van der Waals surface area contributed by atoms with Gasteiger partial charge in [-0.2, -0.15) is 0 Å². The van der Waals surface area contributed by atoms with E-state index >= 15 is 0 Å². The highest BCUT2D eigenvalue weighted by Gasteiger charge is 2.45. The largest absolute Gasteiger partial charge is 0.507 e. The molecule has 0 saturated carbocycles. The van der Waals surface area contributed by atoms with Crippen molar-refractivity contribution in [3.63, 3.8) is 0 Å². The molecular formula is C20H19O10+. The van der Waals surface area contributed by atoms with E-state index in [0.29, 0.717) is 0 Å². The Morgan fingerprint density at radius 3 is 2.33 bits per heavy atom. The lowest BCUT2D eigenvalue weighted by Crippen LogP contribution is -2.35. The zero-order valence-corrected chi connectivity index (χ0v) is 15.3. The van der Waals surface area contributed by atoms with E-state index in [1.807, 2.05) is 0 Å². The molecule has 2 aromatic carbocycles. The van der Waals surface area contributed by atoms with Crippen LogP contribution in [-0.4, -0.2) is 67.0 Å². The molecule has 7 N–H and O–H groups in total. The van der Waals surface area contributed by atoms with Crippen molar-refractivity contribution in [2.24, 2.45) is 0 Å². The Kier molecular flexibility index (Phi) is 5.00. The lowest BCUT2D eigenvalue weighted by molar-refractivity contribution is -0.116. The standard InChI is InChI=1S/C20H18O10/c21-7-16-17(26)18(27)20(30-16)29-15-6-10-12(24)4-9(22)5-14(10)28-19(15)8-1-2-11(23)13(25)3-8/h1-6,16-18,20-21,26-27H,7H2,(H3-,22,23,24,25)/p+1/t16-,17+,18-,20?/m1/s1. The van der Waals surface area contributed by atoms with Crippen LogP contribution in [0.25, 0.3) is 22.3 Å². The number of rotatable bonds is 4. The Balaban J connectivity index is 1.85. The van der Waals surface area contributed by atoms with Crippen LogP contribution in [0, 0.1) is 0 Å².